The molecule has 1 saturated heterocycles. The van der Waals surface area contributed by atoms with Crippen molar-refractivity contribution in [3.05, 3.63) is 28.9 Å². The van der Waals surface area contributed by atoms with Crippen LogP contribution in [0.2, 0.25) is 0 Å². The number of nitrogen functional groups attached to an aromatic ring is 1. The number of anilines is 4. The van der Waals surface area contributed by atoms with Gasteiger partial charge < -0.3 is 29.6 Å². The van der Waals surface area contributed by atoms with Crippen LogP contribution in [0.3, 0.4) is 0 Å². The van der Waals surface area contributed by atoms with Crippen LogP contribution in [0.1, 0.15) is 0 Å². The van der Waals surface area contributed by atoms with Gasteiger partial charge in [0.15, 0.2) is 5.82 Å². The Hall–Kier alpha value is -2.79. The summed E-state index contributed by atoms with van der Waals surface area (Å²) in [6.07, 6.45) is 1.69. The molecule has 11 heteroatoms. The molecule has 0 aliphatic carbocycles. The average molecular weight is 481 g/mol. The smallest absolute Gasteiger partial charge is 0.409 e. The molecule has 1 fully saturated rings. The predicted octanol–water partition coefficient (Wildman–Crippen LogP) is 2.13. The first-order chi connectivity index (χ1) is 14.4. The molecule has 3 rings (SSSR count). The van der Waals surface area contributed by atoms with Gasteiger partial charge >= 0.3 is 6.09 Å². The number of nitrogens with two attached hydrogens (primary N) is 1. The maximum atomic E-state index is 12.2. The molecule has 0 bridgehead atoms. The van der Waals surface area contributed by atoms with E-state index in [4.69, 9.17) is 14.9 Å². The third kappa shape index (κ3) is 5.22. The van der Waals surface area contributed by atoms with Gasteiger partial charge in [0, 0.05) is 42.9 Å². The summed E-state index contributed by atoms with van der Waals surface area (Å²) in [6.45, 7) is 3.49. The van der Waals surface area contributed by atoms with E-state index in [9.17, 15) is 9.59 Å². The molecule has 2 heterocycles. The van der Waals surface area contributed by atoms with Crippen LogP contribution in [0.15, 0.2) is 33.4 Å². The van der Waals surface area contributed by atoms with Gasteiger partial charge in [0.05, 0.1) is 5.69 Å². The van der Waals surface area contributed by atoms with Crippen molar-refractivity contribution in [1.29, 1.82) is 0 Å². The lowest BCUT2D eigenvalue weighted by molar-refractivity contribution is -0.106. The van der Waals surface area contributed by atoms with E-state index in [-0.39, 0.29) is 12.1 Å². The zero-order valence-corrected chi connectivity index (χ0v) is 18.5. The van der Waals surface area contributed by atoms with E-state index in [0.29, 0.717) is 57.2 Å². The minimum Gasteiger partial charge on any atom is -0.448 e. The van der Waals surface area contributed by atoms with Crippen molar-refractivity contribution < 1.29 is 18.7 Å². The Labute approximate surface area is 183 Å². The van der Waals surface area contributed by atoms with E-state index in [0.717, 1.165) is 10.2 Å². The molecular formula is C19H25BrN6O4. The van der Waals surface area contributed by atoms with Crippen LogP contribution < -0.4 is 15.5 Å². The van der Waals surface area contributed by atoms with Crippen molar-refractivity contribution in [2.75, 3.05) is 69.0 Å². The second kappa shape index (κ2) is 9.81. The van der Waals surface area contributed by atoms with Gasteiger partial charge in [-0.15, -0.1) is 0 Å². The highest BCUT2D eigenvalue weighted by molar-refractivity contribution is 9.10. The number of likely N-dealkylation sites (N-methyl/N-ethyl adjacent to an activating group) is 1. The molecule has 2 aromatic rings. The highest BCUT2D eigenvalue weighted by atomic mass is 79.9. The van der Waals surface area contributed by atoms with Gasteiger partial charge in [0.25, 0.3) is 6.01 Å². The average Bonchev–Trinajstić information content (AvgIpc) is 3.15. The summed E-state index contributed by atoms with van der Waals surface area (Å²) in [4.78, 5) is 35.1. The summed E-state index contributed by atoms with van der Waals surface area (Å²) < 4.78 is 11.1. The molecule has 0 radical (unpaired) electrons. The standard InChI is InChI=1S/C19H25BrN6O4/c1-23(2)9-10-29-19(28)25-7-5-24(6-8-25)14-3-4-15(20)16(11-14)26(13-27)17-12-30-18(21)22-17/h3-4,11-13H,5-10H2,1-2H3,(H2,21,22). The summed E-state index contributed by atoms with van der Waals surface area (Å²) in [5.74, 6) is 0.297. The van der Waals surface area contributed by atoms with Crippen molar-refractivity contribution in [3.63, 3.8) is 0 Å². The second-order valence-corrected chi connectivity index (χ2v) is 7.90. The summed E-state index contributed by atoms with van der Waals surface area (Å²) in [7, 11) is 3.87. The number of aromatic nitrogens is 1. The number of halogens is 1. The second-order valence-electron chi connectivity index (χ2n) is 7.05. The fourth-order valence-corrected chi connectivity index (χ4v) is 3.50. The molecule has 1 aliphatic heterocycles. The lowest BCUT2D eigenvalue weighted by Crippen LogP contribution is -2.49. The van der Waals surface area contributed by atoms with Crippen LogP contribution in [0.4, 0.5) is 28.0 Å². The van der Waals surface area contributed by atoms with Crippen molar-refractivity contribution in [3.8, 4) is 0 Å². The number of carbonyl (C=O) groups excluding carboxylic acids is 2. The Bertz CT molecular complexity index is 882. The number of hydrogen-bond acceptors (Lipinski definition) is 8. The van der Waals surface area contributed by atoms with Gasteiger partial charge in [0.2, 0.25) is 6.41 Å². The molecule has 1 aromatic carbocycles. The van der Waals surface area contributed by atoms with Gasteiger partial charge in [-0.2, -0.15) is 4.98 Å². The Kier molecular flexibility index (Phi) is 7.16. The predicted molar refractivity (Wildman–Crippen MR) is 117 cm³/mol. The first-order valence-electron chi connectivity index (χ1n) is 9.45. The van der Waals surface area contributed by atoms with Gasteiger partial charge in [-0.05, 0) is 48.2 Å². The first kappa shape index (κ1) is 21.9. The van der Waals surface area contributed by atoms with Gasteiger partial charge in [-0.1, -0.05) is 0 Å². The summed E-state index contributed by atoms with van der Waals surface area (Å²) in [5, 5.41) is 0. The van der Waals surface area contributed by atoms with Crippen molar-refractivity contribution in [2.24, 2.45) is 0 Å². The van der Waals surface area contributed by atoms with Gasteiger partial charge in [-0.25, -0.2) is 4.79 Å². The molecule has 162 valence electrons. The number of nitrogens with zero attached hydrogens (tertiary/aromatic N) is 5. The lowest BCUT2D eigenvalue weighted by atomic mass is 10.2. The molecule has 0 saturated carbocycles. The monoisotopic (exact) mass is 480 g/mol. The molecule has 0 spiro atoms. The van der Waals surface area contributed by atoms with E-state index >= 15 is 0 Å². The van der Waals surface area contributed by atoms with Gasteiger partial charge in [0.1, 0.15) is 12.9 Å². The van der Waals surface area contributed by atoms with E-state index in [1.165, 1.54) is 11.2 Å². The largest absolute Gasteiger partial charge is 0.448 e. The lowest BCUT2D eigenvalue weighted by Gasteiger charge is -2.36. The number of rotatable bonds is 7. The quantitative estimate of drug-likeness (QED) is 0.600. The Morgan fingerprint density at radius 1 is 1.33 bits per heavy atom. The maximum absolute atomic E-state index is 12.2. The Morgan fingerprint density at radius 2 is 2.07 bits per heavy atom. The number of ether oxygens (including phenoxy) is 1. The van der Waals surface area contributed by atoms with Crippen molar-refractivity contribution >= 4 is 51.6 Å². The number of benzene rings is 1. The number of carbonyl (C=O) groups is 2. The molecule has 0 unspecified atom stereocenters. The molecule has 30 heavy (non-hydrogen) atoms. The highest BCUT2D eigenvalue weighted by Crippen LogP contribution is 2.34. The van der Waals surface area contributed by atoms with E-state index in [1.54, 1.807) is 4.90 Å². The molecule has 2 amide bonds. The van der Waals surface area contributed by atoms with Gasteiger partial charge in [-0.3, -0.25) is 9.69 Å². The fourth-order valence-electron chi connectivity index (χ4n) is 3.06. The van der Waals surface area contributed by atoms with E-state index in [1.807, 2.05) is 37.2 Å². The van der Waals surface area contributed by atoms with Crippen LogP contribution in [0.25, 0.3) is 0 Å². The fraction of sp³-hybridized carbons (Fsp3) is 0.421. The Balaban J connectivity index is 1.66. The van der Waals surface area contributed by atoms with Crippen LogP contribution >= 0.6 is 15.9 Å². The Morgan fingerprint density at radius 3 is 2.67 bits per heavy atom. The summed E-state index contributed by atoms with van der Waals surface area (Å²) >= 11 is 3.48. The van der Waals surface area contributed by atoms with Crippen LogP contribution in [0.5, 0.6) is 0 Å². The van der Waals surface area contributed by atoms with E-state index < -0.39 is 0 Å². The number of hydrogen-bond donors (Lipinski definition) is 1. The SMILES string of the molecule is CN(C)CCOC(=O)N1CCN(c2ccc(Br)c(N(C=O)c3coc(N)n3)c2)CC1. The topological polar surface area (TPSA) is 108 Å². The zero-order valence-electron chi connectivity index (χ0n) is 17.0. The molecule has 2 N–H and O–H groups in total. The molecule has 1 aromatic heterocycles. The van der Waals surface area contributed by atoms with Crippen LogP contribution in [-0.4, -0.2) is 80.7 Å². The molecule has 10 nitrogen and oxygen atoms in total. The van der Waals surface area contributed by atoms with Crippen LogP contribution in [0, 0.1) is 0 Å². The number of oxazole rings is 1. The first-order valence-corrected chi connectivity index (χ1v) is 10.2. The summed E-state index contributed by atoms with van der Waals surface area (Å²) in [6, 6.07) is 5.69. The third-order valence-corrected chi connectivity index (χ3v) is 5.39. The minimum absolute atomic E-state index is 0.0160. The molecule has 0 atom stereocenters. The normalized spacial score (nSPS) is 14.1. The van der Waals surface area contributed by atoms with Crippen molar-refractivity contribution in [2.45, 2.75) is 0 Å². The highest BCUT2D eigenvalue weighted by Gasteiger charge is 2.24. The molecular weight excluding hydrogens is 456 g/mol. The van der Waals surface area contributed by atoms with Crippen molar-refractivity contribution in [1.82, 2.24) is 14.8 Å². The minimum atomic E-state index is -0.288. The third-order valence-electron chi connectivity index (χ3n) is 4.72. The van der Waals surface area contributed by atoms with Crippen LogP contribution in [-0.2, 0) is 9.53 Å². The maximum Gasteiger partial charge on any atom is 0.409 e. The molecule has 1 aliphatic rings. The number of piperazine rings is 1. The van der Waals surface area contributed by atoms with E-state index in [2.05, 4.69) is 25.8 Å². The number of amides is 2. The summed E-state index contributed by atoms with van der Waals surface area (Å²) in [5.41, 5.74) is 7.07. The zero-order chi connectivity index (χ0) is 21.7.